The van der Waals surface area contributed by atoms with E-state index in [1.165, 1.54) is 12.1 Å². The highest BCUT2D eigenvalue weighted by atomic mass is 32.2. The van der Waals surface area contributed by atoms with Gasteiger partial charge in [0.1, 0.15) is 0 Å². The quantitative estimate of drug-likeness (QED) is 0.759. The smallest absolute Gasteiger partial charge is 0.288 e. The van der Waals surface area contributed by atoms with Crippen molar-refractivity contribution in [2.45, 2.75) is 22.8 Å². The first-order valence-corrected chi connectivity index (χ1v) is 7.99. The van der Waals surface area contributed by atoms with Crippen LogP contribution >= 0.6 is 11.8 Å². The normalized spacial score (nSPS) is 13.5. The Hall–Kier alpha value is -0.860. The second-order valence-corrected chi connectivity index (χ2v) is 7.02. The van der Waals surface area contributed by atoms with E-state index < -0.39 is 21.0 Å². The molecule has 0 amide bonds. The molecular weight excluding hydrogens is 294 g/mol. The predicted octanol–water partition coefficient (Wildman–Crippen LogP) is 2.35. The molecule has 4 nitrogen and oxygen atoms in total. The number of hydrogen-bond acceptors (Lipinski definition) is 4. The molecule has 108 valence electrons. The molecule has 0 aliphatic heterocycles. The van der Waals surface area contributed by atoms with Gasteiger partial charge in [0.05, 0.1) is 10.9 Å². The lowest BCUT2D eigenvalue weighted by Gasteiger charge is -2.16. The lowest BCUT2D eigenvalue weighted by molar-refractivity contribution is 0.252. The van der Waals surface area contributed by atoms with Crippen molar-refractivity contribution in [1.29, 1.82) is 0 Å². The zero-order chi connectivity index (χ0) is 14.5. The number of benzene rings is 1. The number of rotatable bonds is 7. The summed E-state index contributed by atoms with van der Waals surface area (Å²) >= 11 is 0.315. The first-order valence-electron chi connectivity index (χ1n) is 5.57. The van der Waals surface area contributed by atoms with Crippen LogP contribution in [0.3, 0.4) is 0 Å². The lowest BCUT2D eigenvalue weighted by atomic mass is 10.3. The summed E-state index contributed by atoms with van der Waals surface area (Å²) in [5, 5.41) is 2.10. The van der Waals surface area contributed by atoms with E-state index in [2.05, 4.69) is 10.0 Å². The molecule has 1 aromatic rings. The monoisotopic (exact) mass is 310 g/mol. The Bertz CT molecular complexity index is 509. The Morgan fingerprint density at radius 3 is 2.53 bits per heavy atom. The molecule has 2 N–H and O–H groups in total. The van der Waals surface area contributed by atoms with Gasteiger partial charge in [0, 0.05) is 11.4 Å². The van der Waals surface area contributed by atoms with Crippen molar-refractivity contribution >= 4 is 27.5 Å². The number of thioether (sulfide) groups is 1. The van der Waals surface area contributed by atoms with E-state index in [9.17, 15) is 17.2 Å². The molecule has 0 heterocycles. The third kappa shape index (κ3) is 4.96. The maximum atomic E-state index is 12.4. The maximum absolute atomic E-state index is 12.4. The average molecular weight is 310 g/mol. The van der Waals surface area contributed by atoms with E-state index in [1.807, 2.05) is 0 Å². The summed E-state index contributed by atoms with van der Waals surface area (Å²) in [4.78, 5) is 0.206. The molecule has 19 heavy (non-hydrogen) atoms. The largest absolute Gasteiger partial charge is 0.318 e. The second kappa shape index (κ2) is 7.06. The van der Waals surface area contributed by atoms with Crippen LogP contribution < -0.4 is 10.0 Å². The van der Waals surface area contributed by atoms with Crippen molar-refractivity contribution in [3.8, 4) is 0 Å². The molecule has 0 aliphatic carbocycles. The van der Waals surface area contributed by atoms with Crippen LogP contribution in [0, 0.1) is 0 Å². The first kappa shape index (κ1) is 16.2. The number of alkyl halides is 2. The number of sulfonamides is 1. The van der Waals surface area contributed by atoms with Crippen molar-refractivity contribution in [2.24, 2.45) is 0 Å². The molecule has 0 spiro atoms. The van der Waals surface area contributed by atoms with E-state index in [0.717, 1.165) is 0 Å². The second-order valence-electron chi connectivity index (χ2n) is 3.89. The molecule has 0 aliphatic rings. The Morgan fingerprint density at radius 1 is 1.32 bits per heavy atom. The number of halogens is 2. The summed E-state index contributed by atoms with van der Waals surface area (Å²) in [6.45, 7) is 1.82. The van der Waals surface area contributed by atoms with Gasteiger partial charge in [-0.05, 0) is 26.1 Å². The van der Waals surface area contributed by atoms with Crippen molar-refractivity contribution < 1.29 is 17.2 Å². The summed E-state index contributed by atoms with van der Waals surface area (Å²) in [5.41, 5.74) is 0.177. The molecular formula is C11H16F2N2O2S2. The van der Waals surface area contributed by atoms with Gasteiger partial charge in [-0.15, -0.1) is 0 Å². The fraction of sp³-hybridized carbons (Fsp3) is 0.455. The maximum Gasteiger partial charge on any atom is 0.288 e. The number of hydrogen-bond donors (Lipinski definition) is 2. The average Bonchev–Trinajstić information content (AvgIpc) is 2.31. The molecule has 8 heteroatoms. The molecule has 0 saturated heterocycles. The Balaban J connectivity index is 2.93. The fourth-order valence-electron chi connectivity index (χ4n) is 1.40. The zero-order valence-electron chi connectivity index (χ0n) is 10.6. The Morgan fingerprint density at radius 2 is 1.95 bits per heavy atom. The van der Waals surface area contributed by atoms with Gasteiger partial charge < -0.3 is 5.32 Å². The molecule has 0 fully saturated rings. The SMILES string of the molecule is CNCC(C)S(=O)(=O)Nc1ccccc1SC(F)F. The van der Waals surface area contributed by atoms with Gasteiger partial charge >= 0.3 is 0 Å². The van der Waals surface area contributed by atoms with Gasteiger partial charge in [0.15, 0.2) is 0 Å². The molecule has 1 unspecified atom stereocenters. The van der Waals surface area contributed by atoms with Crippen molar-refractivity contribution in [2.75, 3.05) is 18.3 Å². The van der Waals surface area contributed by atoms with Gasteiger partial charge in [-0.1, -0.05) is 23.9 Å². The van der Waals surface area contributed by atoms with Crippen LogP contribution in [0.5, 0.6) is 0 Å². The van der Waals surface area contributed by atoms with Crippen molar-refractivity contribution in [1.82, 2.24) is 5.32 Å². The van der Waals surface area contributed by atoms with Gasteiger partial charge in [-0.2, -0.15) is 8.78 Å². The highest BCUT2D eigenvalue weighted by molar-refractivity contribution is 8.00. The van der Waals surface area contributed by atoms with Gasteiger partial charge in [-0.3, -0.25) is 4.72 Å². The molecule has 1 aromatic carbocycles. The molecule has 0 bridgehead atoms. The predicted molar refractivity (Wildman–Crippen MR) is 74.2 cm³/mol. The molecule has 0 radical (unpaired) electrons. The summed E-state index contributed by atoms with van der Waals surface area (Å²) in [6, 6.07) is 6.10. The zero-order valence-corrected chi connectivity index (χ0v) is 12.2. The lowest BCUT2D eigenvalue weighted by Crippen LogP contribution is -2.33. The summed E-state index contributed by atoms with van der Waals surface area (Å²) in [7, 11) is -1.96. The van der Waals surface area contributed by atoms with E-state index in [1.54, 1.807) is 26.1 Å². The molecule has 0 aromatic heterocycles. The van der Waals surface area contributed by atoms with Crippen LogP contribution in [0.25, 0.3) is 0 Å². The topological polar surface area (TPSA) is 58.2 Å². The van der Waals surface area contributed by atoms with Crippen LogP contribution in [0.1, 0.15) is 6.92 Å². The van der Waals surface area contributed by atoms with Gasteiger partial charge in [0.2, 0.25) is 10.0 Å². The fourth-order valence-corrected chi connectivity index (χ4v) is 3.13. The third-order valence-corrected chi connectivity index (χ3v) is 4.90. The Labute approximate surface area is 116 Å². The minimum atomic E-state index is -3.60. The van der Waals surface area contributed by atoms with E-state index in [-0.39, 0.29) is 17.1 Å². The highest BCUT2D eigenvalue weighted by Gasteiger charge is 2.21. The van der Waals surface area contributed by atoms with Crippen LogP contribution in [-0.4, -0.2) is 33.0 Å². The minimum Gasteiger partial charge on any atom is -0.318 e. The highest BCUT2D eigenvalue weighted by Crippen LogP contribution is 2.32. The van der Waals surface area contributed by atoms with Crippen LogP contribution in [0.4, 0.5) is 14.5 Å². The summed E-state index contributed by atoms with van der Waals surface area (Å²) in [5.74, 6) is -2.60. The van der Waals surface area contributed by atoms with E-state index in [0.29, 0.717) is 11.8 Å². The van der Waals surface area contributed by atoms with Crippen LogP contribution in [0.15, 0.2) is 29.2 Å². The third-order valence-electron chi connectivity index (χ3n) is 2.38. The summed E-state index contributed by atoms with van der Waals surface area (Å²) < 4.78 is 51.1. The Kier molecular flexibility index (Phi) is 6.02. The minimum absolute atomic E-state index is 0.177. The summed E-state index contributed by atoms with van der Waals surface area (Å²) in [6.07, 6.45) is 0. The van der Waals surface area contributed by atoms with Gasteiger partial charge in [-0.25, -0.2) is 8.42 Å². The van der Waals surface area contributed by atoms with E-state index >= 15 is 0 Å². The molecule has 1 rings (SSSR count). The van der Waals surface area contributed by atoms with Crippen molar-refractivity contribution in [3.63, 3.8) is 0 Å². The van der Waals surface area contributed by atoms with Crippen LogP contribution in [-0.2, 0) is 10.0 Å². The number of para-hydroxylation sites is 1. The number of nitrogens with one attached hydrogen (secondary N) is 2. The van der Waals surface area contributed by atoms with Gasteiger partial charge in [0.25, 0.3) is 5.76 Å². The van der Waals surface area contributed by atoms with Crippen LogP contribution in [0.2, 0.25) is 0 Å². The van der Waals surface area contributed by atoms with Crippen molar-refractivity contribution in [3.05, 3.63) is 24.3 Å². The number of anilines is 1. The molecule has 0 saturated carbocycles. The standard InChI is InChI=1S/C11H16F2N2O2S2/c1-8(7-14-2)19(16,17)15-9-5-3-4-6-10(9)18-11(12)13/h3-6,8,11,14-15H,7H2,1-2H3. The first-order chi connectivity index (χ1) is 8.86. The van der Waals surface area contributed by atoms with E-state index in [4.69, 9.17) is 0 Å². The molecule has 1 atom stereocenters.